The van der Waals surface area contributed by atoms with Crippen molar-refractivity contribution >= 4 is 42.9 Å². The summed E-state index contributed by atoms with van der Waals surface area (Å²) in [6, 6.07) is 10.5. The predicted octanol–water partition coefficient (Wildman–Crippen LogP) is 4.47. The molecule has 0 amide bonds. The molecule has 7 heteroatoms. The fraction of sp³-hybridized carbons (Fsp3) is 0.350. The van der Waals surface area contributed by atoms with E-state index < -0.39 is 4.92 Å². The van der Waals surface area contributed by atoms with E-state index in [9.17, 15) is 14.9 Å². The average molecular weight is 385 g/mol. The number of benzene rings is 2. The van der Waals surface area contributed by atoms with E-state index in [1.807, 2.05) is 18.2 Å². The number of non-ortho nitro benzene ring substituents is 1. The van der Waals surface area contributed by atoms with Gasteiger partial charge in [0, 0.05) is 34.4 Å². The molecule has 1 N–H and O–H groups in total. The van der Waals surface area contributed by atoms with Gasteiger partial charge in [0.15, 0.2) is 5.43 Å². The number of nitro groups is 1. The molecule has 142 valence electrons. The van der Waals surface area contributed by atoms with Crippen molar-refractivity contribution in [2.24, 2.45) is 0 Å². The first-order valence-electron chi connectivity index (χ1n) is 9.08. The Morgan fingerprint density at radius 1 is 1.19 bits per heavy atom. The number of likely N-dealkylation sites (N-methyl/N-ethyl adjacent to an activating group) is 1. The standard InChI is InChI=1S/C20H23N3O3S/c1-4-22(5-2)12-13(3)21-15-10-11-16(23(25)26)20-18(15)19(24)14-8-6-7-9-17(14)27-20/h6-11,13,21H,4-5,12H2,1-3H3/t13-/m1/s1. The van der Waals surface area contributed by atoms with Crippen molar-refractivity contribution in [3.8, 4) is 0 Å². The molecule has 1 atom stereocenters. The predicted molar refractivity (Wildman–Crippen MR) is 113 cm³/mol. The normalized spacial score (nSPS) is 12.6. The maximum absolute atomic E-state index is 13.1. The summed E-state index contributed by atoms with van der Waals surface area (Å²) in [7, 11) is 0. The summed E-state index contributed by atoms with van der Waals surface area (Å²) in [5.41, 5.74) is 0.461. The first kappa shape index (κ1) is 19.3. The van der Waals surface area contributed by atoms with Crippen LogP contribution >= 0.6 is 11.3 Å². The number of nitro benzene ring substituents is 1. The van der Waals surface area contributed by atoms with Crippen molar-refractivity contribution in [1.82, 2.24) is 4.90 Å². The van der Waals surface area contributed by atoms with Crippen LogP contribution in [-0.4, -0.2) is 35.5 Å². The van der Waals surface area contributed by atoms with Gasteiger partial charge in [-0.1, -0.05) is 26.0 Å². The molecule has 0 bridgehead atoms. The van der Waals surface area contributed by atoms with Gasteiger partial charge in [0.2, 0.25) is 0 Å². The minimum absolute atomic E-state index is 0.0280. The molecule has 27 heavy (non-hydrogen) atoms. The van der Waals surface area contributed by atoms with Gasteiger partial charge >= 0.3 is 0 Å². The van der Waals surface area contributed by atoms with Gasteiger partial charge in [-0.15, -0.1) is 11.3 Å². The number of hydrogen-bond acceptors (Lipinski definition) is 6. The smallest absolute Gasteiger partial charge is 0.287 e. The Balaban J connectivity index is 2.16. The van der Waals surface area contributed by atoms with Gasteiger partial charge in [-0.3, -0.25) is 14.9 Å². The molecule has 0 radical (unpaired) electrons. The lowest BCUT2D eigenvalue weighted by molar-refractivity contribution is -0.382. The van der Waals surface area contributed by atoms with Gasteiger partial charge in [-0.2, -0.15) is 0 Å². The van der Waals surface area contributed by atoms with Gasteiger partial charge < -0.3 is 10.2 Å². The van der Waals surface area contributed by atoms with Crippen LogP contribution in [0.15, 0.2) is 41.2 Å². The maximum atomic E-state index is 13.1. The summed E-state index contributed by atoms with van der Waals surface area (Å²) >= 11 is 1.29. The Labute approximate surface area is 161 Å². The van der Waals surface area contributed by atoms with Gasteiger partial charge in [0.1, 0.15) is 4.70 Å². The molecule has 2 aromatic carbocycles. The molecular formula is C20H23N3O3S. The lowest BCUT2D eigenvalue weighted by atomic mass is 10.1. The van der Waals surface area contributed by atoms with Gasteiger partial charge in [-0.25, -0.2) is 0 Å². The second kappa shape index (κ2) is 8.02. The second-order valence-electron chi connectivity index (χ2n) is 6.55. The van der Waals surface area contributed by atoms with Crippen molar-refractivity contribution < 1.29 is 4.92 Å². The highest BCUT2D eigenvalue weighted by atomic mass is 32.1. The molecule has 0 saturated carbocycles. The van der Waals surface area contributed by atoms with Crippen molar-refractivity contribution in [1.29, 1.82) is 0 Å². The first-order valence-corrected chi connectivity index (χ1v) is 9.89. The minimum Gasteiger partial charge on any atom is -0.381 e. The molecule has 0 spiro atoms. The third-order valence-corrected chi connectivity index (χ3v) is 5.93. The number of nitrogens with one attached hydrogen (secondary N) is 1. The van der Waals surface area contributed by atoms with Crippen LogP contribution in [0.25, 0.3) is 20.2 Å². The van der Waals surface area contributed by atoms with Crippen LogP contribution in [0.1, 0.15) is 20.8 Å². The Hall–Kier alpha value is -2.51. The number of anilines is 1. The van der Waals surface area contributed by atoms with E-state index in [0.717, 1.165) is 24.3 Å². The summed E-state index contributed by atoms with van der Waals surface area (Å²) in [5, 5.41) is 15.9. The highest BCUT2D eigenvalue weighted by Gasteiger charge is 2.20. The molecule has 0 unspecified atom stereocenters. The van der Waals surface area contributed by atoms with E-state index in [2.05, 4.69) is 31.0 Å². The molecule has 6 nitrogen and oxygen atoms in total. The first-order chi connectivity index (χ1) is 13.0. The topological polar surface area (TPSA) is 75.5 Å². The van der Waals surface area contributed by atoms with E-state index in [0.29, 0.717) is 21.2 Å². The molecule has 0 fully saturated rings. The molecule has 0 saturated heterocycles. The Kier molecular flexibility index (Phi) is 5.72. The minimum atomic E-state index is -0.420. The van der Waals surface area contributed by atoms with Crippen LogP contribution < -0.4 is 10.7 Å². The molecule has 1 heterocycles. The Morgan fingerprint density at radius 3 is 2.56 bits per heavy atom. The Morgan fingerprint density at radius 2 is 1.89 bits per heavy atom. The zero-order valence-electron chi connectivity index (χ0n) is 15.7. The van der Waals surface area contributed by atoms with Gasteiger partial charge in [-0.05, 0) is 38.2 Å². The van der Waals surface area contributed by atoms with Crippen molar-refractivity contribution in [2.45, 2.75) is 26.8 Å². The van der Waals surface area contributed by atoms with E-state index in [4.69, 9.17) is 0 Å². The number of fused-ring (bicyclic) bond motifs is 2. The fourth-order valence-corrected chi connectivity index (χ4v) is 4.52. The summed E-state index contributed by atoms with van der Waals surface area (Å²) in [4.78, 5) is 26.5. The number of rotatable bonds is 7. The SMILES string of the molecule is CCN(CC)C[C@@H](C)Nc1ccc([N+](=O)[O-])c2sc3ccccc3c(=O)c12. The molecular weight excluding hydrogens is 362 g/mol. The van der Waals surface area contributed by atoms with Gasteiger partial charge in [0.05, 0.1) is 10.3 Å². The van der Waals surface area contributed by atoms with Crippen LogP contribution in [0.3, 0.4) is 0 Å². The monoisotopic (exact) mass is 385 g/mol. The zero-order chi connectivity index (χ0) is 19.6. The zero-order valence-corrected chi connectivity index (χ0v) is 16.5. The average Bonchev–Trinajstić information content (AvgIpc) is 2.66. The quantitative estimate of drug-likeness (QED) is 0.369. The molecule has 3 rings (SSSR count). The lowest BCUT2D eigenvalue weighted by Gasteiger charge is -2.24. The highest BCUT2D eigenvalue weighted by molar-refractivity contribution is 7.25. The molecule has 3 aromatic rings. The molecule has 0 aliphatic carbocycles. The van der Waals surface area contributed by atoms with Crippen LogP contribution in [-0.2, 0) is 0 Å². The van der Waals surface area contributed by atoms with Crippen LogP contribution in [0.2, 0.25) is 0 Å². The molecule has 1 aromatic heterocycles. The van der Waals surface area contributed by atoms with Crippen LogP contribution in [0.4, 0.5) is 11.4 Å². The largest absolute Gasteiger partial charge is 0.381 e. The molecule has 0 aliphatic rings. The summed E-state index contributed by atoms with van der Waals surface area (Å²) in [5.74, 6) is 0. The number of nitrogens with zero attached hydrogens (tertiary/aromatic N) is 2. The second-order valence-corrected chi connectivity index (χ2v) is 7.60. The lowest BCUT2D eigenvalue weighted by Crippen LogP contribution is -2.34. The van der Waals surface area contributed by atoms with Crippen molar-refractivity contribution in [2.75, 3.05) is 25.0 Å². The Bertz CT molecular complexity index is 1040. The van der Waals surface area contributed by atoms with E-state index >= 15 is 0 Å². The van der Waals surface area contributed by atoms with Crippen molar-refractivity contribution in [3.63, 3.8) is 0 Å². The molecule has 0 aliphatic heterocycles. The third kappa shape index (κ3) is 3.79. The number of hydrogen-bond donors (Lipinski definition) is 1. The summed E-state index contributed by atoms with van der Waals surface area (Å²) in [6.07, 6.45) is 0. The fourth-order valence-electron chi connectivity index (χ4n) is 3.33. The van der Waals surface area contributed by atoms with Crippen LogP contribution in [0.5, 0.6) is 0 Å². The van der Waals surface area contributed by atoms with E-state index in [-0.39, 0.29) is 17.2 Å². The maximum Gasteiger partial charge on any atom is 0.287 e. The van der Waals surface area contributed by atoms with E-state index in [1.165, 1.54) is 17.4 Å². The third-order valence-electron chi connectivity index (χ3n) is 4.73. The van der Waals surface area contributed by atoms with E-state index in [1.54, 1.807) is 12.1 Å². The summed E-state index contributed by atoms with van der Waals surface area (Å²) in [6.45, 7) is 9.01. The van der Waals surface area contributed by atoms with Crippen molar-refractivity contribution in [3.05, 3.63) is 56.7 Å². The van der Waals surface area contributed by atoms with Crippen LogP contribution in [0, 0.1) is 10.1 Å². The summed E-state index contributed by atoms with van der Waals surface area (Å²) < 4.78 is 1.18. The van der Waals surface area contributed by atoms with Gasteiger partial charge in [0.25, 0.3) is 5.69 Å². The highest BCUT2D eigenvalue weighted by Crippen LogP contribution is 2.35.